The topological polar surface area (TPSA) is 101 Å². The van der Waals surface area contributed by atoms with Crippen LogP contribution in [0.3, 0.4) is 0 Å². The smallest absolute Gasteiger partial charge is 0.350 e. The van der Waals surface area contributed by atoms with Gasteiger partial charge in [0.05, 0.1) is 18.8 Å². The predicted octanol–water partition coefficient (Wildman–Crippen LogP) is 2.38. The number of benzene rings is 1. The van der Waals surface area contributed by atoms with Crippen LogP contribution >= 0.6 is 11.3 Å². The molecule has 2 aromatic rings. The molecule has 0 saturated heterocycles. The van der Waals surface area contributed by atoms with E-state index in [1.54, 1.807) is 26.0 Å². The monoisotopic (exact) mass is 335 g/mol. The Labute approximate surface area is 137 Å². The van der Waals surface area contributed by atoms with Gasteiger partial charge in [-0.15, -0.1) is 0 Å². The first kappa shape index (κ1) is 16.8. The van der Waals surface area contributed by atoms with E-state index in [0.717, 1.165) is 11.3 Å². The Kier molecular flexibility index (Phi) is 5.53. The molecule has 0 unspecified atom stereocenters. The van der Waals surface area contributed by atoms with E-state index in [1.165, 1.54) is 12.1 Å². The summed E-state index contributed by atoms with van der Waals surface area (Å²) in [6.45, 7) is 3.74. The molecule has 1 aromatic carbocycles. The molecule has 0 fully saturated rings. The Morgan fingerprint density at radius 3 is 2.65 bits per heavy atom. The Morgan fingerprint density at radius 1 is 1.30 bits per heavy atom. The standard InChI is InChI=1S/C15H17N3O4S/c1-3-22-14(21)13-9(2)17-15(23-13)18-12(20)8-16-10-4-6-11(19)7-5-10/h4-7,16,19H,3,8H2,1-2H3,(H,17,18,20). The van der Waals surface area contributed by atoms with Gasteiger partial charge in [0.1, 0.15) is 10.6 Å². The third kappa shape index (κ3) is 4.68. The minimum absolute atomic E-state index is 0.0398. The van der Waals surface area contributed by atoms with E-state index in [0.29, 0.717) is 21.4 Å². The van der Waals surface area contributed by atoms with Crippen molar-refractivity contribution in [2.45, 2.75) is 13.8 Å². The number of carbonyl (C=O) groups is 2. The number of esters is 1. The Morgan fingerprint density at radius 2 is 2.00 bits per heavy atom. The highest BCUT2D eigenvalue weighted by Gasteiger charge is 2.17. The van der Waals surface area contributed by atoms with Crippen molar-refractivity contribution in [1.82, 2.24) is 4.98 Å². The van der Waals surface area contributed by atoms with Gasteiger partial charge in [-0.1, -0.05) is 11.3 Å². The van der Waals surface area contributed by atoms with Gasteiger partial charge in [0.15, 0.2) is 5.13 Å². The van der Waals surface area contributed by atoms with Crippen molar-refractivity contribution >= 4 is 34.0 Å². The highest BCUT2D eigenvalue weighted by molar-refractivity contribution is 7.17. The molecule has 122 valence electrons. The average molecular weight is 335 g/mol. The van der Waals surface area contributed by atoms with Crippen molar-refractivity contribution in [3.05, 3.63) is 34.8 Å². The SMILES string of the molecule is CCOC(=O)c1sc(NC(=O)CNc2ccc(O)cc2)nc1C. The van der Waals surface area contributed by atoms with Crippen molar-refractivity contribution in [2.24, 2.45) is 0 Å². The van der Waals surface area contributed by atoms with Crippen LogP contribution in [0.15, 0.2) is 24.3 Å². The summed E-state index contributed by atoms with van der Waals surface area (Å²) in [7, 11) is 0. The molecule has 0 radical (unpaired) electrons. The third-order valence-electron chi connectivity index (χ3n) is 2.82. The van der Waals surface area contributed by atoms with Crippen LogP contribution in [-0.4, -0.2) is 35.1 Å². The van der Waals surface area contributed by atoms with Gasteiger partial charge >= 0.3 is 5.97 Å². The lowest BCUT2D eigenvalue weighted by Crippen LogP contribution is -2.21. The first-order valence-electron chi connectivity index (χ1n) is 6.97. The number of nitrogens with zero attached hydrogens (tertiary/aromatic N) is 1. The number of aromatic nitrogens is 1. The number of aromatic hydroxyl groups is 1. The molecule has 0 aliphatic rings. The van der Waals surface area contributed by atoms with Crippen LogP contribution in [-0.2, 0) is 9.53 Å². The number of carbonyl (C=O) groups excluding carboxylic acids is 2. The fraction of sp³-hybridized carbons (Fsp3) is 0.267. The summed E-state index contributed by atoms with van der Waals surface area (Å²) >= 11 is 1.08. The molecule has 7 nitrogen and oxygen atoms in total. The minimum atomic E-state index is -0.440. The lowest BCUT2D eigenvalue weighted by atomic mass is 10.3. The van der Waals surface area contributed by atoms with Crippen molar-refractivity contribution in [3.63, 3.8) is 0 Å². The number of phenolic OH excluding ortho intramolecular Hbond substituents is 1. The van der Waals surface area contributed by atoms with Gasteiger partial charge in [-0.25, -0.2) is 9.78 Å². The molecule has 0 spiro atoms. The second-order valence-corrected chi connectivity index (χ2v) is 5.60. The largest absolute Gasteiger partial charge is 0.508 e. The summed E-state index contributed by atoms with van der Waals surface area (Å²) in [5.41, 5.74) is 1.23. The van der Waals surface area contributed by atoms with E-state index in [1.807, 2.05) is 0 Å². The Hall–Kier alpha value is -2.61. The first-order chi connectivity index (χ1) is 11.0. The summed E-state index contributed by atoms with van der Waals surface area (Å²) in [5, 5.41) is 15.1. The van der Waals surface area contributed by atoms with E-state index in [9.17, 15) is 14.7 Å². The fourth-order valence-electron chi connectivity index (χ4n) is 1.76. The van der Waals surface area contributed by atoms with E-state index in [4.69, 9.17) is 4.74 Å². The lowest BCUT2D eigenvalue weighted by molar-refractivity contribution is -0.114. The highest BCUT2D eigenvalue weighted by Crippen LogP contribution is 2.23. The maximum Gasteiger partial charge on any atom is 0.350 e. The zero-order valence-corrected chi connectivity index (χ0v) is 13.6. The zero-order valence-electron chi connectivity index (χ0n) is 12.8. The molecule has 2 rings (SSSR count). The summed E-state index contributed by atoms with van der Waals surface area (Å²) < 4.78 is 4.93. The maximum atomic E-state index is 11.9. The van der Waals surface area contributed by atoms with Crippen LogP contribution in [0, 0.1) is 6.92 Å². The minimum Gasteiger partial charge on any atom is -0.508 e. The fourth-order valence-corrected chi connectivity index (χ4v) is 2.64. The van der Waals surface area contributed by atoms with Gasteiger partial charge in [-0.05, 0) is 38.1 Å². The summed E-state index contributed by atoms with van der Waals surface area (Å²) in [6, 6.07) is 6.37. The van der Waals surface area contributed by atoms with Crippen molar-refractivity contribution in [2.75, 3.05) is 23.8 Å². The van der Waals surface area contributed by atoms with Gasteiger partial charge in [0, 0.05) is 5.69 Å². The molecule has 0 aliphatic heterocycles. The molecule has 23 heavy (non-hydrogen) atoms. The van der Waals surface area contributed by atoms with E-state index >= 15 is 0 Å². The molecule has 0 aliphatic carbocycles. The normalized spacial score (nSPS) is 10.2. The molecule has 8 heteroatoms. The molecular formula is C15H17N3O4S. The van der Waals surface area contributed by atoms with E-state index in [-0.39, 0.29) is 24.8 Å². The van der Waals surface area contributed by atoms with E-state index in [2.05, 4.69) is 15.6 Å². The molecule has 0 atom stereocenters. The van der Waals surface area contributed by atoms with Crippen LogP contribution < -0.4 is 10.6 Å². The number of amides is 1. The van der Waals surface area contributed by atoms with E-state index < -0.39 is 5.97 Å². The van der Waals surface area contributed by atoms with Gasteiger partial charge in [0.2, 0.25) is 5.91 Å². The third-order valence-corrected chi connectivity index (χ3v) is 3.88. The van der Waals surface area contributed by atoms with Gasteiger partial charge in [0.25, 0.3) is 0 Å². The number of phenols is 1. The van der Waals surface area contributed by atoms with Crippen molar-refractivity contribution in [3.8, 4) is 5.75 Å². The number of hydrogen-bond donors (Lipinski definition) is 3. The average Bonchev–Trinajstić information content (AvgIpc) is 2.87. The summed E-state index contributed by atoms with van der Waals surface area (Å²) in [5.74, 6) is -0.572. The molecule has 1 aromatic heterocycles. The van der Waals surface area contributed by atoms with Crippen LogP contribution in [0.4, 0.5) is 10.8 Å². The number of ether oxygens (including phenoxy) is 1. The lowest BCUT2D eigenvalue weighted by Gasteiger charge is -2.05. The summed E-state index contributed by atoms with van der Waals surface area (Å²) in [4.78, 5) is 28.1. The molecule has 0 bridgehead atoms. The maximum absolute atomic E-state index is 11.9. The highest BCUT2D eigenvalue weighted by atomic mass is 32.1. The first-order valence-corrected chi connectivity index (χ1v) is 7.78. The predicted molar refractivity (Wildman–Crippen MR) is 88.0 cm³/mol. The van der Waals surface area contributed by atoms with Gasteiger partial charge in [-0.2, -0.15) is 0 Å². The van der Waals surface area contributed by atoms with Crippen LogP contribution in [0.25, 0.3) is 0 Å². The number of nitrogens with one attached hydrogen (secondary N) is 2. The van der Waals surface area contributed by atoms with Gasteiger partial charge < -0.3 is 20.5 Å². The Balaban J connectivity index is 1.91. The molecular weight excluding hydrogens is 318 g/mol. The molecule has 1 heterocycles. The summed E-state index contributed by atoms with van der Waals surface area (Å²) in [6.07, 6.45) is 0. The number of rotatable bonds is 6. The number of aryl methyl sites for hydroxylation is 1. The second kappa shape index (κ2) is 7.59. The molecule has 1 amide bonds. The number of anilines is 2. The quantitative estimate of drug-likeness (QED) is 0.553. The zero-order chi connectivity index (χ0) is 16.8. The number of thiazole rings is 1. The van der Waals surface area contributed by atoms with Crippen LogP contribution in [0.5, 0.6) is 5.75 Å². The van der Waals surface area contributed by atoms with Crippen LogP contribution in [0.1, 0.15) is 22.3 Å². The Bertz CT molecular complexity index is 697. The van der Waals surface area contributed by atoms with Crippen molar-refractivity contribution in [1.29, 1.82) is 0 Å². The van der Waals surface area contributed by atoms with Gasteiger partial charge in [-0.3, -0.25) is 4.79 Å². The second-order valence-electron chi connectivity index (χ2n) is 4.60. The molecule has 3 N–H and O–H groups in total. The number of hydrogen-bond acceptors (Lipinski definition) is 7. The van der Waals surface area contributed by atoms with Crippen LogP contribution in [0.2, 0.25) is 0 Å². The molecule has 0 saturated carbocycles. The van der Waals surface area contributed by atoms with Crippen molar-refractivity contribution < 1.29 is 19.4 Å².